The molecule has 3 rings (SSSR count). The van der Waals surface area contributed by atoms with Gasteiger partial charge in [-0.15, -0.1) is 0 Å². The third kappa shape index (κ3) is 6.47. The standard InChI is InChI=1S/C20H24N2O3S.C2HF3O2/c1-4-21-19(23)20(11-12-20)16-6-8-17(9-7-16)22-26(24,25)18-10-5-14(2)13-15(18)3;3-2(4,5)1(6)7/h5-10,13,22H,4,11-12H2,1-3H3,(H,21,23);(H,6,7). The summed E-state index contributed by atoms with van der Waals surface area (Å²) in [6.45, 7) is 6.22. The Kier molecular flexibility index (Phi) is 7.79. The molecule has 7 nitrogen and oxygen atoms in total. The van der Waals surface area contributed by atoms with Crippen molar-refractivity contribution in [1.29, 1.82) is 0 Å². The van der Waals surface area contributed by atoms with Crippen LogP contribution in [0.2, 0.25) is 0 Å². The number of aryl methyl sites for hydroxylation is 2. The average Bonchev–Trinajstić information content (AvgIpc) is 3.50. The predicted molar refractivity (Wildman–Crippen MR) is 116 cm³/mol. The molecule has 1 fully saturated rings. The van der Waals surface area contributed by atoms with Crippen molar-refractivity contribution in [2.75, 3.05) is 11.3 Å². The summed E-state index contributed by atoms with van der Waals surface area (Å²) in [7, 11) is -3.65. The van der Waals surface area contributed by atoms with Crippen LogP contribution >= 0.6 is 0 Å². The molecule has 0 atom stereocenters. The topological polar surface area (TPSA) is 113 Å². The SMILES string of the molecule is CCNC(=O)C1(c2ccc(NS(=O)(=O)c3ccc(C)cc3C)cc2)CC1.O=C(O)C(F)(F)F. The molecule has 0 radical (unpaired) electrons. The number of rotatable bonds is 6. The minimum atomic E-state index is -5.08. The number of hydrogen-bond acceptors (Lipinski definition) is 4. The van der Waals surface area contributed by atoms with Gasteiger partial charge >= 0.3 is 12.1 Å². The molecule has 0 unspecified atom stereocenters. The first kappa shape index (κ1) is 26.2. The lowest BCUT2D eigenvalue weighted by molar-refractivity contribution is -0.192. The molecule has 0 heterocycles. The summed E-state index contributed by atoms with van der Waals surface area (Å²) in [6, 6.07) is 12.4. The van der Waals surface area contributed by atoms with Gasteiger partial charge < -0.3 is 10.4 Å². The van der Waals surface area contributed by atoms with Crippen molar-refractivity contribution in [3.05, 3.63) is 59.2 Å². The van der Waals surface area contributed by atoms with Gasteiger partial charge in [0.05, 0.1) is 10.3 Å². The van der Waals surface area contributed by atoms with Gasteiger partial charge in [-0.25, -0.2) is 13.2 Å². The van der Waals surface area contributed by atoms with E-state index in [1.807, 2.05) is 32.0 Å². The van der Waals surface area contributed by atoms with E-state index in [4.69, 9.17) is 9.90 Å². The van der Waals surface area contributed by atoms with Gasteiger partial charge in [0.1, 0.15) is 0 Å². The van der Waals surface area contributed by atoms with E-state index in [0.717, 1.165) is 24.0 Å². The normalized spacial score (nSPS) is 14.5. The van der Waals surface area contributed by atoms with Crippen LogP contribution in [0.15, 0.2) is 47.4 Å². The molecule has 0 aromatic heterocycles. The van der Waals surface area contributed by atoms with E-state index in [2.05, 4.69) is 10.0 Å². The number of carbonyl (C=O) groups excluding carboxylic acids is 1. The summed E-state index contributed by atoms with van der Waals surface area (Å²) in [4.78, 5) is 21.4. The highest BCUT2D eigenvalue weighted by Gasteiger charge is 2.50. The molecular weight excluding hydrogens is 461 g/mol. The van der Waals surface area contributed by atoms with Crippen molar-refractivity contribution in [2.45, 2.75) is 50.1 Å². The number of halogens is 3. The van der Waals surface area contributed by atoms with Crippen molar-refractivity contribution in [2.24, 2.45) is 0 Å². The van der Waals surface area contributed by atoms with E-state index < -0.39 is 27.6 Å². The summed E-state index contributed by atoms with van der Waals surface area (Å²) in [5, 5.41) is 10.0. The molecule has 1 amide bonds. The Morgan fingerprint density at radius 3 is 2.03 bits per heavy atom. The lowest BCUT2D eigenvalue weighted by Crippen LogP contribution is -2.34. The van der Waals surface area contributed by atoms with Gasteiger partial charge in [0.2, 0.25) is 5.91 Å². The molecule has 0 bridgehead atoms. The highest BCUT2D eigenvalue weighted by molar-refractivity contribution is 7.92. The first-order valence-corrected chi connectivity index (χ1v) is 11.5. The van der Waals surface area contributed by atoms with Gasteiger partial charge in [-0.1, -0.05) is 29.8 Å². The van der Waals surface area contributed by atoms with E-state index in [9.17, 15) is 26.4 Å². The van der Waals surface area contributed by atoms with Crippen LogP contribution in [0.4, 0.5) is 18.9 Å². The molecule has 1 aliphatic rings. The van der Waals surface area contributed by atoms with Crippen LogP contribution in [0.5, 0.6) is 0 Å². The highest BCUT2D eigenvalue weighted by atomic mass is 32.2. The lowest BCUT2D eigenvalue weighted by Gasteiger charge is -2.16. The minimum absolute atomic E-state index is 0.0450. The smallest absolute Gasteiger partial charge is 0.475 e. The number of anilines is 1. The van der Waals surface area contributed by atoms with Crippen LogP contribution in [0, 0.1) is 13.8 Å². The number of alkyl halides is 3. The molecule has 0 spiro atoms. The fourth-order valence-electron chi connectivity index (χ4n) is 3.27. The monoisotopic (exact) mass is 486 g/mol. The highest BCUT2D eigenvalue weighted by Crippen LogP contribution is 2.48. The van der Waals surface area contributed by atoms with E-state index >= 15 is 0 Å². The predicted octanol–water partition coefficient (Wildman–Crippen LogP) is 3.91. The molecular formula is C22H25F3N2O5S. The number of sulfonamides is 1. The molecule has 0 saturated heterocycles. The van der Waals surface area contributed by atoms with Crippen molar-refractivity contribution in [1.82, 2.24) is 5.32 Å². The van der Waals surface area contributed by atoms with Crippen molar-refractivity contribution in [3.63, 3.8) is 0 Å². The van der Waals surface area contributed by atoms with Crippen LogP contribution in [0.1, 0.15) is 36.5 Å². The van der Waals surface area contributed by atoms with Crippen LogP contribution < -0.4 is 10.0 Å². The third-order valence-electron chi connectivity index (χ3n) is 5.07. The van der Waals surface area contributed by atoms with Crippen LogP contribution in [0.25, 0.3) is 0 Å². The fourth-order valence-corrected chi connectivity index (χ4v) is 4.56. The molecule has 33 heavy (non-hydrogen) atoms. The van der Waals surface area contributed by atoms with Crippen molar-refractivity contribution < 1.29 is 36.3 Å². The second kappa shape index (κ2) is 9.82. The summed E-state index contributed by atoms with van der Waals surface area (Å²) in [5.41, 5.74) is 2.70. The Bertz CT molecular complexity index is 1130. The number of hydrogen-bond donors (Lipinski definition) is 3. The Hall–Kier alpha value is -3.08. The first-order chi connectivity index (χ1) is 15.2. The van der Waals surface area contributed by atoms with Crippen molar-refractivity contribution in [3.8, 4) is 0 Å². The Morgan fingerprint density at radius 1 is 1.06 bits per heavy atom. The zero-order chi connectivity index (χ0) is 25.0. The maximum Gasteiger partial charge on any atom is 0.490 e. The van der Waals surface area contributed by atoms with Crippen LogP contribution in [0.3, 0.4) is 0 Å². The molecule has 2 aromatic rings. The zero-order valence-electron chi connectivity index (χ0n) is 18.3. The quantitative estimate of drug-likeness (QED) is 0.573. The number of carboxylic acids is 1. The van der Waals surface area contributed by atoms with E-state index in [-0.39, 0.29) is 10.8 Å². The number of carbonyl (C=O) groups is 2. The maximum absolute atomic E-state index is 12.6. The van der Waals surface area contributed by atoms with Crippen LogP contribution in [-0.4, -0.2) is 38.1 Å². The molecule has 180 valence electrons. The van der Waals surface area contributed by atoms with Gasteiger partial charge in [-0.05, 0) is 62.9 Å². The number of aliphatic carboxylic acids is 1. The number of carboxylic acid groups (broad SMARTS) is 1. The summed E-state index contributed by atoms with van der Waals surface area (Å²) in [6.07, 6.45) is -3.43. The third-order valence-corrected chi connectivity index (χ3v) is 6.62. The number of nitrogens with one attached hydrogen (secondary N) is 2. The van der Waals surface area contributed by atoms with Gasteiger partial charge in [-0.3, -0.25) is 9.52 Å². The molecule has 0 aliphatic heterocycles. The Morgan fingerprint density at radius 2 is 1.61 bits per heavy atom. The number of likely N-dealkylation sites (N-methyl/N-ethyl adjacent to an activating group) is 1. The lowest BCUT2D eigenvalue weighted by atomic mass is 9.95. The molecule has 2 aromatic carbocycles. The van der Waals surface area contributed by atoms with Gasteiger partial charge in [-0.2, -0.15) is 13.2 Å². The number of benzene rings is 2. The zero-order valence-corrected chi connectivity index (χ0v) is 19.1. The average molecular weight is 487 g/mol. The Balaban J connectivity index is 0.000000479. The van der Waals surface area contributed by atoms with E-state index in [1.165, 1.54) is 0 Å². The first-order valence-electron chi connectivity index (χ1n) is 10.0. The molecule has 1 saturated carbocycles. The Labute approximate surface area is 190 Å². The second-order valence-corrected chi connectivity index (χ2v) is 9.35. The van der Waals surface area contributed by atoms with Crippen molar-refractivity contribution >= 4 is 27.6 Å². The second-order valence-electron chi connectivity index (χ2n) is 7.70. The van der Waals surface area contributed by atoms with E-state index in [1.54, 1.807) is 31.2 Å². The van der Waals surface area contributed by atoms with Gasteiger partial charge in [0, 0.05) is 12.2 Å². The number of amides is 1. The molecule has 1 aliphatic carbocycles. The summed E-state index contributed by atoms with van der Waals surface area (Å²) >= 11 is 0. The summed E-state index contributed by atoms with van der Waals surface area (Å²) in [5.74, 6) is -2.71. The summed E-state index contributed by atoms with van der Waals surface area (Å²) < 4.78 is 59.6. The van der Waals surface area contributed by atoms with E-state index in [0.29, 0.717) is 17.8 Å². The van der Waals surface area contributed by atoms with Crippen LogP contribution in [-0.2, 0) is 25.0 Å². The maximum atomic E-state index is 12.6. The van der Waals surface area contributed by atoms with Gasteiger partial charge in [0.15, 0.2) is 0 Å². The minimum Gasteiger partial charge on any atom is -0.475 e. The largest absolute Gasteiger partial charge is 0.490 e. The molecule has 3 N–H and O–H groups in total. The molecule has 11 heteroatoms. The van der Waals surface area contributed by atoms with Gasteiger partial charge in [0.25, 0.3) is 10.0 Å². The fraction of sp³-hybridized carbons (Fsp3) is 0.364.